The normalized spacial score (nSPS) is 34.0. The second-order valence-electron chi connectivity index (χ2n) is 8.40. The van der Waals surface area contributed by atoms with Gasteiger partial charge in [-0.15, -0.1) is 11.3 Å². The van der Waals surface area contributed by atoms with E-state index in [2.05, 4.69) is 22.1 Å². The third-order valence-corrected chi connectivity index (χ3v) is 6.51. The van der Waals surface area contributed by atoms with E-state index in [1.807, 2.05) is 32.1 Å². The van der Waals surface area contributed by atoms with Crippen molar-refractivity contribution in [3.8, 4) is 0 Å². The maximum Gasteiger partial charge on any atom is 0.407 e. The summed E-state index contributed by atoms with van der Waals surface area (Å²) in [5, 5.41) is 9.09. The summed E-state index contributed by atoms with van der Waals surface area (Å²) in [5.41, 5.74) is 0.964. The Morgan fingerprint density at radius 1 is 1.32 bits per heavy atom. The predicted molar refractivity (Wildman–Crippen MR) is 97.9 cm³/mol. The second kappa shape index (κ2) is 6.56. The number of alkyl carbamates (subject to hydrolysis) is 1. The molecule has 6 heteroatoms. The van der Waals surface area contributed by atoms with Crippen LogP contribution in [0, 0.1) is 5.92 Å². The Kier molecular flexibility index (Phi) is 4.54. The van der Waals surface area contributed by atoms with Crippen molar-refractivity contribution < 1.29 is 14.3 Å². The number of aryl methyl sites for hydroxylation is 1. The molecule has 4 rings (SSSR count). The van der Waals surface area contributed by atoms with E-state index >= 15 is 0 Å². The lowest BCUT2D eigenvalue weighted by molar-refractivity contribution is -0.0384. The summed E-state index contributed by atoms with van der Waals surface area (Å²) < 4.78 is 11.4. The van der Waals surface area contributed by atoms with Crippen molar-refractivity contribution in [3.63, 3.8) is 0 Å². The minimum Gasteiger partial charge on any atom is -0.444 e. The predicted octanol–water partition coefficient (Wildman–Crippen LogP) is 3.40. The smallest absolute Gasteiger partial charge is 0.407 e. The van der Waals surface area contributed by atoms with Crippen molar-refractivity contribution in [2.45, 2.75) is 76.3 Å². The Labute approximate surface area is 153 Å². The van der Waals surface area contributed by atoms with Crippen LogP contribution in [-0.4, -0.2) is 36.5 Å². The van der Waals surface area contributed by atoms with Gasteiger partial charge in [0, 0.05) is 23.4 Å². The molecule has 1 amide bonds. The monoisotopic (exact) mass is 364 g/mol. The SMILES string of the molecule is CC(C)(C)OC(=O)NC1C2CCOC2C1NC1CCCc2sccc21. The fourth-order valence-corrected chi connectivity index (χ4v) is 5.43. The van der Waals surface area contributed by atoms with Gasteiger partial charge in [-0.25, -0.2) is 4.79 Å². The largest absolute Gasteiger partial charge is 0.444 e. The molecule has 1 aromatic heterocycles. The molecular weight excluding hydrogens is 336 g/mol. The van der Waals surface area contributed by atoms with Gasteiger partial charge < -0.3 is 20.1 Å². The Morgan fingerprint density at radius 3 is 2.96 bits per heavy atom. The Balaban J connectivity index is 1.44. The van der Waals surface area contributed by atoms with Gasteiger partial charge in [0.15, 0.2) is 0 Å². The highest BCUT2D eigenvalue weighted by Crippen LogP contribution is 2.42. The van der Waals surface area contributed by atoms with Gasteiger partial charge in [-0.05, 0) is 63.5 Å². The lowest BCUT2D eigenvalue weighted by Crippen LogP contribution is -2.70. The van der Waals surface area contributed by atoms with E-state index in [4.69, 9.17) is 9.47 Å². The van der Waals surface area contributed by atoms with E-state index in [9.17, 15) is 4.79 Å². The maximum absolute atomic E-state index is 12.2. The van der Waals surface area contributed by atoms with Gasteiger partial charge in [0.05, 0.1) is 18.2 Å². The summed E-state index contributed by atoms with van der Waals surface area (Å²) in [6.45, 7) is 6.47. The van der Waals surface area contributed by atoms with E-state index in [-0.39, 0.29) is 24.3 Å². The summed E-state index contributed by atoms with van der Waals surface area (Å²) in [6.07, 6.45) is 4.46. The molecule has 3 aliphatic rings. The first-order valence-electron chi connectivity index (χ1n) is 9.36. The van der Waals surface area contributed by atoms with E-state index in [1.165, 1.54) is 23.3 Å². The van der Waals surface area contributed by atoms with Crippen molar-refractivity contribution in [2.24, 2.45) is 5.92 Å². The van der Waals surface area contributed by atoms with Gasteiger partial charge in [0.2, 0.25) is 0 Å². The van der Waals surface area contributed by atoms with Crippen LogP contribution in [0.25, 0.3) is 0 Å². The minimum atomic E-state index is -0.475. The lowest BCUT2D eigenvalue weighted by atomic mass is 9.71. The second-order valence-corrected chi connectivity index (χ2v) is 9.40. The maximum atomic E-state index is 12.2. The van der Waals surface area contributed by atoms with Gasteiger partial charge in [0.1, 0.15) is 5.60 Å². The van der Waals surface area contributed by atoms with Crippen molar-refractivity contribution in [2.75, 3.05) is 6.61 Å². The summed E-state index contributed by atoms with van der Waals surface area (Å²) in [5.74, 6) is 0.399. The first-order valence-corrected chi connectivity index (χ1v) is 10.2. The standard InChI is InChI=1S/C19H28N2O3S/c1-19(2,3)24-18(22)21-15-12-7-9-23-17(12)16(15)20-13-5-4-6-14-11(13)8-10-25-14/h8,10,12-13,15-17,20H,4-7,9H2,1-3H3,(H,21,22). The zero-order valence-electron chi connectivity index (χ0n) is 15.2. The Morgan fingerprint density at radius 2 is 2.16 bits per heavy atom. The van der Waals surface area contributed by atoms with Gasteiger partial charge in [-0.3, -0.25) is 0 Å². The highest BCUT2D eigenvalue weighted by atomic mass is 32.1. The van der Waals surface area contributed by atoms with Crippen LogP contribution in [0.3, 0.4) is 0 Å². The summed E-state index contributed by atoms with van der Waals surface area (Å²) in [7, 11) is 0. The molecule has 5 atom stereocenters. The van der Waals surface area contributed by atoms with Crippen LogP contribution in [0.1, 0.15) is 56.5 Å². The Hall–Kier alpha value is -1.11. The summed E-state index contributed by atoms with van der Waals surface area (Å²) in [4.78, 5) is 13.7. The summed E-state index contributed by atoms with van der Waals surface area (Å²) in [6, 6.07) is 2.87. The third kappa shape index (κ3) is 3.44. The minimum absolute atomic E-state index is 0.0892. The molecule has 0 bridgehead atoms. The number of amides is 1. The fourth-order valence-electron chi connectivity index (χ4n) is 4.44. The first-order chi connectivity index (χ1) is 11.9. The van der Waals surface area contributed by atoms with E-state index in [1.54, 1.807) is 0 Å². The number of rotatable bonds is 3. The molecule has 1 saturated heterocycles. The van der Waals surface area contributed by atoms with Crippen LogP contribution < -0.4 is 10.6 Å². The van der Waals surface area contributed by atoms with Crippen LogP contribution in [0.5, 0.6) is 0 Å². The van der Waals surface area contributed by atoms with Gasteiger partial charge in [0.25, 0.3) is 0 Å². The average molecular weight is 365 g/mol. The quantitative estimate of drug-likeness (QED) is 0.863. The van der Waals surface area contributed by atoms with Crippen LogP contribution in [0.2, 0.25) is 0 Å². The molecular formula is C19H28N2O3S. The molecule has 0 aromatic carbocycles. The molecule has 2 heterocycles. The number of carbonyl (C=O) groups excluding carboxylic acids is 1. The molecule has 2 aliphatic carbocycles. The zero-order valence-corrected chi connectivity index (χ0v) is 16.0. The van der Waals surface area contributed by atoms with Crippen LogP contribution in [-0.2, 0) is 15.9 Å². The number of hydrogen-bond acceptors (Lipinski definition) is 5. The molecule has 0 radical (unpaired) electrons. The number of hydrogen-bond donors (Lipinski definition) is 2. The average Bonchev–Trinajstić information content (AvgIpc) is 3.16. The van der Waals surface area contributed by atoms with Crippen molar-refractivity contribution in [1.29, 1.82) is 0 Å². The topological polar surface area (TPSA) is 59.6 Å². The van der Waals surface area contributed by atoms with Crippen LogP contribution >= 0.6 is 11.3 Å². The van der Waals surface area contributed by atoms with Crippen LogP contribution in [0.15, 0.2) is 11.4 Å². The highest BCUT2D eigenvalue weighted by Gasteiger charge is 2.55. The molecule has 138 valence electrons. The van der Waals surface area contributed by atoms with Crippen molar-refractivity contribution in [3.05, 3.63) is 21.9 Å². The van der Waals surface area contributed by atoms with Gasteiger partial charge in [-0.2, -0.15) is 0 Å². The molecule has 2 fully saturated rings. The van der Waals surface area contributed by atoms with E-state index < -0.39 is 5.60 Å². The number of ether oxygens (including phenoxy) is 2. The molecule has 5 nitrogen and oxygen atoms in total. The first kappa shape index (κ1) is 17.3. The molecule has 1 saturated carbocycles. The van der Waals surface area contributed by atoms with Crippen molar-refractivity contribution >= 4 is 17.4 Å². The molecule has 25 heavy (non-hydrogen) atoms. The number of fused-ring (bicyclic) bond motifs is 2. The molecule has 2 N–H and O–H groups in total. The van der Waals surface area contributed by atoms with Crippen molar-refractivity contribution in [1.82, 2.24) is 10.6 Å². The highest BCUT2D eigenvalue weighted by molar-refractivity contribution is 7.10. The molecule has 1 aromatic rings. The number of nitrogens with one attached hydrogen (secondary N) is 2. The zero-order chi connectivity index (χ0) is 17.6. The Bertz CT molecular complexity index is 639. The third-order valence-electron chi connectivity index (χ3n) is 5.51. The molecule has 1 aliphatic heterocycles. The van der Waals surface area contributed by atoms with Crippen LogP contribution in [0.4, 0.5) is 4.79 Å². The van der Waals surface area contributed by atoms with Gasteiger partial charge >= 0.3 is 6.09 Å². The number of thiophene rings is 1. The summed E-state index contributed by atoms with van der Waals surface area (Å²) >= 11 is 1.86. The molecule has 5 unspecified atom stereocenters. The lowest BCUT2D eigenvalue weighted by Gasteiger charge is -2.49. The van der Waals surface area contributed by atoms with E-state index in [0.29, 0.717) is 12.0 Å². The van der Waals surface area contributed by atoms with Gasteiger partial charge in [-0.1, -0.05) is 0 Å². The fraction of sp³-hybridized carbons (Fsp3) is 0.737. The number of carbonyl (C=O) groups is 1. The molecule has 0 spiro atoms. The van der Waals surface area contributed by atoms with E-state index in [0.717, 1.165) is 19.4 Å².